The average molecular weight is 258 g/mol. The van der Waals surface area contributed by atoms with Crippen LogP contribution in [0.2, 0.25) is 0 Å². The Morgan fingerprint density at radius 2 is 0.944 bits per heavy atom. The minimum atomic E-state index is -0.955. The summed E-state index contributed by atoms with van der Waals surface area (Å²) in [5, 5.41) is 28.7. The Labute approximate surface area is 109 Å². The number of aliphatic hydroxyl groups is 3. The van der Waals surface area contributed by atoms with Gasteiger partial charge in [0.2, 0.25) is 0 Å². The van der Waals surface area contributed by atoms with E-state index in [9.17, 15) is 15.3 Å². The van der Waals surface area contributed by atoms with Crippen molar-refractivity contribution in [1.29, 1.82) is 0 Å². The van der Waals surface area contributed by atoms with E-state index in [1.807, 2.05) is 0 Å². The highest BCUT2D eigenvalue weighted by Gasteiger charge is 2.48. The number of aliphatic hydroxyl groups excluding tert-OH is 3. The monoisotopic (exact) mass is 258 g/mol. The normalized spacial score (nSPS) is 11.5. The lowest BCUT2D eigenvalue weighted by molar-refractivity contribution is -0.0912. The lowest BCUT2D eigenvalue weighted by Crippen LogP contribution is -2.50. The quantitative estimate of drug-likeness (QED) is 0.507. The van der Waals surface area contributed by atoms with Crippen LogP contribution in [0.5, 0.6) is 0 Å². The molecule has 0 aliphatic heterocycles. The third kappa shape index (κ3) is 3.53. The number of hydrogen-bond acceptors (Lipinski definition) is 3. The van der Waals surface area contributed by atoms with Gasteiger partial charge in [-0.3, -0.25) is 0 Å². The van der Waals surface area contributed by atoms with Gasteiger partial charge in [-0.25, -0.2) is 0 Å². The average Bonchev–Trinajstić information content (AvgIpc) is 2.33. The summed E-state index contributed by atoms with van der Waals surface area (Å²) in [6.45, 7) is 10.3. The second kappa shape index (κ2) is 9.05. The first-order valence-electron chi connectivity index (χ1n) is 5.77. The maximum absolute atomic E-state index is 9.57. The van der Waals surface area contributed by atoms with E-state index < -0.39 is 10.8 Å². The molecular weight excluding hydrogens is 232 g/mol. The van der Waals surface area contributed by atoms with Crippen LogP contribution in [0.25, 0.3) is 0 Å². The van der Waals surface area contributed by atoms with E-state index in [4.69, 9.17) is 0 Å². The van der Waals surface area contributed by atoms with Gasteiger partial charge in [-0.15, -0.1) is 19.7 Å². The predicted octanol–water partition coefficient (Wildman–Crippen LogP) is 0.840. The molecule has 0 aromatic heterocycles. The summed E-state index contributed by atoms with van der Waals surface area (Å²) in [4.78, 5) is 0. The molecule has 0 aromatic carbocycles. The molecule has 0 aliphatic carbocycles. The Morgan fingerprint density at radius 1 is 0.667 bits per heavy atom. The summed E-state index contributed by atoms with van der Waals surface area (Å²) in [7, 11) is 0. The Morgan fingerprint density at radius 3 is 1.11 bits per heavy atom. The summed E-state index contributed by atoms with van der Waals surface area (Å²) in [6.07, 6.45) is 6.94. The molecular formula is C14H26O4. The number of rotatable bonds is 10. The maximum Gasteiger partial charge on any atom is 0.0537 e. The van der Waals surface area contributed by atoms with Crippen molar-refractivity contribution >= 4 is 0 Å². The molecule has 0 spiro atoms. The fourth-order valence-electron chi connectivity index (χ4n) is 2.38. The molecule has 0 bridgehead atoms. The summed E-state index contributed by atoms with van der Waals surface area (Å²) >= 11 is 0. The van der Waals surface area contributed by atoms with Gasteiger partial charge in [0.1, 0.15) is 0 Å². The molecule has 0 radical (unpaired) electrons. The van der Waals surface area contributed by atoms with Crippen LogP contribution in [0.1, 0.15) is 19.3 Å². The predicted molar refractivity (Wildman–Crippen MR) is 74.2 cm³/mol. The smallest absolute Gasteiger partial charge is 0.0537 e. The minimum absolute atomic E-state index is 0. The fraction of sp³-hybridized carbons (Fsp3) is 0.571. The van der Waals surface area contributed by atoms with E-state index in [-0.39, 0.29) is 25.3 Å². The molecule has 0 saturated heterocycles. The molecule has 18 heavy (non-hydrogen) atoms. The van der Waals surface area contributed by atoms with Crippen LogP contribution >= 0.6 is 0 Å². The molecule has 0 amide bonds. The molecule has 4 nitrogen and oxygen atoms in total. The molecule has 0 saturated carbocycles. The lowest BCUT2D eigenvalue weighted by atomic mass is 9.59. The Kier molecular flexibility index (Phi) is 9.76. The van der Waals surface area contributed by atoms with Gasteiger partial charge < -0.3 is 20.8 Å². The van der Waals surface area contributed by atoms with Crippen molar-refractivity contribution in [2.24, 2.45) is 10.8 Å². The third-order valence-corrected chi connectivity index (χ3v) is 3.64. The molecule has 0 fully saturated rings. The molecule has 0 unspecified atom stereocenters. The molecule has 0 atom stereocenters. The van der Waals surface area contributed by atoms with Crippen LogP contribution in [-0.2, 0) is 0 Å². The largest absolute Gasteiger partial charge is 0.412 e. The molecule has 4 heteroatoms. The number of hydrogen-bond donors (Lipinski definition) is 3. The first kappa shape index (κ1) is 19.4. The zero-order valence-corrected chi connectivity index (χ0v) is 10.9. The highest BCUT2D eigenvalue weighted by Crippen LogP contribution is 2.48. The van der Waals surface area contributed by atoms with Crippen molar-refractivity contribution in [3.63, 3.8) is 0 Å². The van der Waals surface area contributed by atoms with Crippen LogP contribution in [-0.4, -0.2) is 40.6 Å². The van der Waals surface area contributed by atoms with E-state index in [1.54, 1.807) is 18.2 Å². The second-order valence-electron chi connectivity index (χ2n) is 4.51. The van der Waals surface area contributed by atoms with Crippen LogP contribution in [0.3, 0.4) is 0 Å². The fourth-order valence-corrected chi connectivity index (χ4v) is 2.38. The molecule has 0 rings (SSSR count). The molecule has 106 valence electrons. The van der Waals surface area contributed by atoms with Crippen molar-refractivity contribution in [2.45, 2.75) is 19.3 Å². The zero-order chi connectivity index (χ0) is 13.4. The van der Waals surface area contributed by atoms with Crippen molar-refractivity contribution in [2.75, 3.05) is 19.8 Å². The van der Waals surface area contributed by atoms with E-state index in [0.29, 0.717) is 19.3 Å². The Balaban J connectivity index is 0. The van der Waals surface area contributed by atoms with Crippen molar-refractivity contribution in [1.82, 2.24) is 0 Å². The standard InChI is InChI=1S/C14H24O3.H2O/c1-4-7-13(8-5-2,9-6-3)14(10-15,11-16)12-17;/h4-6,15-17H,1-3,7-12H2;1H2. The van der Waals surface area contributed by atoms with E-state index in [2.05, 4.69) is 19.7 Å². The van der Waals surface area contributed by atoms with Gasteiger partial charge in [0.15, 0.2) is 0 Å². The van der Waals surface area contributed by atoms with Crippen LogP contribution in [0.15, 0.2) is 38.0 Å². The second-order valence-corrected chi connectivity index (χ2v) is 4.51. The van der Waals surface area contributed by atoms with Crippen molar-refractivity contribution < 1.29 is 20.8 Å². The Bertz CT molecular complexity index is 222. The highest BCUT2D eigenvalue weighted by atomic mass is 16.3. The number of allylic oxidation sites excluding steroid dienone is 3. The zero-order valence-electron chi connectivity index (χ0n) is 10.9. The maximum atomic E-state index is 9.57. The molecule has 5 N–H and O–H groups in total. The topological polar surface area (TPSA) is 92.2 Å². The van der Waals surface area contributed by atoms with Crippen LogP contribution in [0, 0.1) is 10.8 Å². The van der Waals surface area contributed by atoms with Gasteiger partial charge >= 0.3 is 0 Å². The molecule has 0 aromatic rings. The van der Waals surface area contributed by atoms with Gasteiger partial charge in [-0.1, -0.05) is 18.2 Å². The van der Waals surface area contributed by atoms with Crippen molar-refractivity contribution in [3.05, 3.63) is 38.0 Å². The van der Waals surface area contributed by atoms with Crippen LogP contribution < -0.4 is 0 Å². The van der Waals surface area contributed by atoms with Gasteiger partial charge in [0.05, 0.1) is 19.8 Å². The molecule has 0 aliphatic rings. The summed E-state index contributed by atoms with van der Waals surface area (Å²) in [6, 6.07) is 0. The SMILES string of the molecule is C=CCC(CC=C)(CC=C)C(CO)(CO)CO.O. The van der Waals surface area contributed by atoms with E-state index in [0.717, 1.165) is 0 Å². The lowest BCUT2D eigenvalue weighted by Gasteiger charge is -2.47. The highest BCUT2D eigenvalue weighted by molar-refractivity contribution is 5.06. The first-order chi connectivity index (χ1) is 8.11. The third-order valence-electron chi connectivity index (χ3n) is 3.64. The summed E-state index contributed by atoms with van der Waals surface area (Å²) in [5.41, 5.74) is -1.44. The first-order valence-corrected chi connectivity index (χ1v) is 5.77. The van der Waals surface area contributed by atoms with Crippen LogP contribution in [0.4, 0.5) is 0 Å². The van der Waals surface area contributed by atoms with Gasteiger partial charge in [-0.05, 0) is 24.7 Å². The molecule has 0 heterocycles. The summed E-state index contributed by atoms with van der Waals surface area (Å²) < 4.78 is 0. The van der Waals surface area contributed by atoms with Gasteiger partial charge in [0.25, 0.3) is 0 Å². The van der Waals surface area contributed by atoms with Gasteiger partial charge in [0, 0.05) is 5.41 Å². The summed E-state index contributed by atoms with van der Waals surface area (Å²) in [5.74, 6) is 0. The van der Waals surface area contributed by atoms with E-state index in [1.165, 1.54) is 0 Å². The van der Waals surface area contributed by atoms with Crippen molar-refractivity contribution in [3.8, 4) is 0 Å². The minimum Gasteiger partial charge on any atom is -0.412 e. The van der Waals surface area contributed by atoms with Gasteiger partial charge in [-0.2, -0.15) is 0 Å². The Hall–Kier alpha value is -0.940. The van der Waals surface area contributed by atoms with E-state index >= 15 is 0 Å².